The lowest BCUT2D eigenvalue weighted by molar-refractivity contribution is -0.165. The van der Waals surface area contributed by atoms with E-state index in [1.165, 1.54) is 4.90 Å². The van der Waals surface area contributed by atoms with Crippen LogP contribution in [0.1, 0.15) is 72.6 Å². The molecule has 0 radical (unpaired) electrons. The lowest BCUT2D eigenvalue weighted by atomic mass is 9.81. The van der Waals surface area contributed by atoms with E-state index in [0.29, 0.717) is 38.8 Å². The highest BCUT2D eigenvalue weighted by Crippen LogP contribution is 2.33. The predicted octanol–water partition coefficient (Wildman–Crippen LogP) is 3.25. The quantitative estimate of drug-likeness (QED) is 0.646. The Morgan fingerprint density at radius 2 is 1.70 bits per heavy atom. The van der Waals surface area contributed by atoms with Crippen LogP contribution in [-0.2, 0) is 19.1 Å². The number of piperidine rings is 1. The van der Waals surface area contributed by atoms with Crippen LogP contribution in [0.2, 0.25) is 0 Å². The van der Waals surface area contributed by atoms with Crippen LogP contribution in [0.5, 0.6) is 0 Å². The number of nitriles is 1. The normalized spacial score (nSPS) is 20.6. The molecule has 2 rings (SSSR count). The van der Waals surface area contributed by atoms with Crippen LogP contribution in [0, 0.1) is 17.2 Å². The van der Waals surface area contributed by atoms with Gasteiger partial charge in [0.15, 0.2) is 6.10 Å². The van der Waals surface area contributed by atoms with E-state index in [1.807, 2.05) is 20.8 Å². The molecule has 0 unspecified atom stereocenters. The van der Waals surface area contributed by atoms with Crippen molar-refractivity contribution in [3.05, 3.63) is 0 Å². The summed E-state index contributed by atoms with van der Waals surface area (Å²) in [4.78, 5) is 40.6. The number of carbonyl (C=O) groups excluding carboxylic acids is 3. The van der Waals surface area contributed by atoms with Gasteiger partial charge in [0, 0.05) is 20.1 Å². The number of carbonyl (C=O) groups is 3. The second kappa shape index (κ2) is 9.67. The summed E-state index contributed by atoms with van der Waals surface area (Å²) in [6.45, 7) is 7.82. The van der Waals surface area contributed by atoms with Crippen molar-refractivity contribution in [2.24, 2.45) is 5.92 Å². The minimum absolute atomic E-state index is 0.349. The molecule has 168 valence electrons. The van der Waals surface area contributed by atoms with Crippen LogP contribution < -0.4 is 0 Å². The molecule has 0 aromatic heterocycles. The monoisotopic (exact) mass is 421 g/mol. The van der Waals surface area contributed by atoms with E-state index in [-0.39, 0.29) is 17.9 Å². The lowest BCUT2D eigenvalue weighted by Crippen LogP contribution is -2.53. The maximum absolute atomic E-state index is 12.8. The Hall–Kier alpha value is -2.30. The van der Waals surface area contributed by atoms with Gasteiger partial charge in [0.2, 0.25) is 0 Å². The van der Waals surface area contributed by atoms with E-state index < -0.39 is 23.2 Å². The Morgan fingerprint density at radius 3 is 2.20 bits per heavy atom. The molecule has 1 aliphatic carbocycles. The van der Waals surface area contributed by atoms with E-state index in [1.54, 1.807) is 18.9 Å². The Labute approximate surface area is 179 Å². The van der Waals surface area contributed by atoms with Crippen LogP contribution in [0.25, 0.3) is 0 Å². The zero-order chi connectivity index (χ0) is 22.5. The first-order valence-corrected chi connectivity index (χ1v) is 10.9. The molecule has 0 N–H and O–H groups in total. The summed E-state index contributed by atoms with van der Waals surface area (Å²) < 4.78 is 10.8. The molecular weight excluding hydrogens is 386 g/mol. The molecule has 2 fully saturated rings. The highest BCUT2D eigenvalue weighted by molar-refractivity contribution is 5.85. The molecular formula is C22H35N3O5. The zero-order valence-corrected chi connectivity index (χ0v) is 18.9. The van der Waals surface area contributed by atoms with Crippen molar-refractivity contribution in [1.29, 1.82) is 5.26 Å². The summed E-state index contributed by atoms with van der Waals surface area (Å²) in [7, 11) is 1.63. The Balaban J connectivity index is 1.86. The van der Waals surface area contributed by atoms with Crippen LogP contribution in [0.15, 0.2) is 0 Å². The first-order chi connectivity index (χ1) is 14.0. The molecule has 1 heterocycles. The van der Waals surface area contributed by atoms with Crippen molar-refractivity contribution >= 4 is 18.0 Å². The highest BCUT2D eigenvalue weighted by Gasteiger charge is 2.41. The molecule has 2 aliphatic rings. The van der Waals surface area contributed by atoms with Crippen LogP contribution >= 0.6 is 0 Å². The molecule has 0 aromatic carbocycles. The number of amides is 2. The van der Waals surface area contributed by atoms with Gasteiger partial charge in [0.1, 0.15) is 11.1 Å². The summed E-state index contributed by atoms with van der Waals surface area (Å²) >= 11 is 0. The Bertz CT molecular complexity index is 680. The molecule has 1 atom stereocenters. The fourth-order valence-corrected chi connectivity index (χ4v) is 4.09. The minimum atomic E-state index is -0.946. The van der Waals surface area contributed by atoms with Gasteiger partial charge >= 0.3 is 12.1 Å². The summed E-state index contributed by atoms with van der Waals surface area (Å²) in [6.07, 6.45) is 3.80. The molecule has 8 heteroatoms. The number of rotatable bonds is 4. The number of hydrogen-bond acceptors (Lipinski definition) is 6. The third kappa shape index (κ3) is 5.87. The van der Waals surface area contributed by atoms with Crippen molar-refractivity contribution in [3.63, 3.8) is 0 Å². The average Bonchev–Trinajstić information content (AvgIpc) is 2.71. The topological polar surface area (TPSA) is 99.9 Å². The van der Waals surface area contributed by atoms with E-state index in [0.717, 1.165) is 19.3 Å². The number of esters is 1. The first-order valence-electron chi connectivity index (χ1n) is 10.9. The van der Waals surface area contributed by atoms with Gasteiger partial charge in [0.05, 0.1) is 12.0 Å². The smallest absolute Gasteiger partial charge is 0.410 e. The zero-order valence-electron chi connectivity index (χ0n) is 18.9. The molecule has 30 heavy (non-hydrogen) atoms. The van der Waals surface area contributed by atoms with Gasteiger partial charge in [-0.25, -0.2) is 4.79 Å². The third-order valence-corrected chi connectivity index (χ3v) is 5.98. The fourth-order valence-electron chi connectivity index (χ4n) is 4.09. The predicted molar refractivity (Wildman–Crippen MR) is 110 cm³/mol. The lowest BCUT2D eigenvalue weighted by Gasteiger charge is -2.40. The minimum Gasteiger partial charge on any atom is -0.452 e. The molecule has 1 saturated heterocycles. The summed E-state index contributed by atoms with van der Waals surface area (Å²) in [5.41, 5.74) is -1.37. The van der Waals surface area contributed by atoms with E-state index >= 15 is 0 Å². The van der Waals surface area contributed by atoms with Crippen LogP contribution in [0.3, 0.4) is 0 Å². The van der Waals surface area contributed by atoms with Crippen LogP contribution in [-0.4, -0.2) is 65.2 Å². The van der Waals surface area contributed by atoms with Crippen molar-refractivity contribution < 1.29 is 23.9 Å². The number of likely N-dealkylation sites (N-methyl/N-ethyl adjacent to an activating group) is 1. The Morgan fingerprint density at radius 1 is 1.13 bits per heavy atom. The van der Waals surface area contributed by atoms with Crippen molar-refractivity contribution in [3.8, 4) is 6.07 Å². The van der Waals surface area contributed by atoms with Gasteiger partial charge in [-0.05, 0) is 53.4 Å². The van der Waals surface area contributed by atoms with Crippen molar-refractivity contribution in [1.82, 2.24) is 9.80 Å². The average molecular weight is 422 g/mol. The molecule has 0 spiro atoms. The third-order valence-electron chi connectivity index (χ3n) is 5.98. The van der Waals surface area contributed by atoms with Gasteiger partial charge in [-0.3, -0.25) is 9.59 Å². The Kier molecular flexibility index (Phi) is 7.73. The van der Waals surface area contributed by atoms with Gasteiger partial charge in [0.25, 0.3) is 5.91 Å². The first kappa shape index (κ1) is 24.0. The summed E-state index contributed by atoms with van der Waals surface area (Å²) in [5.74, 6) is -1.13. The highest BCUT2D eigenvalue weighted by atomic mass is 16.6. The SMILES string of the molecule is C[C@@H](OC(=O)C1CCN(C(=O)OC(C)(C)C)CC1)C(=O)N(C)C1(C#N)CCCCC1. The van der Waals surface area contributed by atoms with Crippen molar-refractivity contribution in [2.75, 3.05) is 20.1 Å². The van der Waals surface area contributed by atoms with E-state index in [2.05, 4.69) is 6.07 Å². The van der Waals surface area contributed by atoms with Crippen LogP contribution in [0.4, 0.5) is 4.79 Å². The van der Waals surface area contributed by atoms with Gasteiger partial charge < -0.3 is 19.3 Å². The summed E-state index contributed by atoms with van der Waals surface area (Å²) in [5, 5.41) is 9.67. The van der Waals surface area contributed by atoms with Gasteiger partial charge in [-0.2, -0.15) is 5.26 Å². The standard InChI is InChI=1S/C22H35N3O5/c1-16(18(26)24(5)22(15-23)11-7-6-8-12-22)29-19(27)17-9-13-25(14-10-17)20(28)30-21(2,3)4/h16-17H,6-14H2,1-5H3/t16-/m1/s1. The largest absolute Gasteiger partial charge is 0.452 e. The van der Waals surface area contributed by atoms with E-state index in [4.69, 9.17) is 9.47 Å². The number of nitrogens with zero attached hydrogens (tertiary/aromatic N) is 3. The number of ether oxygens (including phenoxy) is 2. The molecule has 0 aromatic rings. The molecule has 2 amide bonds. The van der Waals surface area contributed by atoms with Gasteiger partial charge in [-0.15, -0.1) is 0 Å². The maximum Gasteiger partial charge on any atom is 0.410 e. The summed E-state index contributed by atoms with van der Waals surface area (Å²) in [6, 6.07) is 2.32. The molecule has 8 nitrogen and oxygen atoms in total. The maximum atomic E-state index is 12.8. The number of hydrogen-bond donors (Lipinski definition) is 0. The second-order valence-corrected chi connectivity index (χ2v) is 9.42. The second-order valence-electron chi connectivity index (χ2n) is 9.42. The molecule has 1 saturated carbocycles. The molecule has 1 aliphatic heterocycles. The fraction of sp³-hybridized carbons (Fsp3) is 0.818. The van der Waals surface area contributed by atoms with E-state index in [9.17, 15) is 19.6 Å². The number of likely N-dealkylation sites (tertiary alicyclic amines) is 1. The van der Waals surface area contributed by atoms with Gasteiger partial charge in [-0.1, -0.05) is 19.3 Å². The van der Waals surface area contributed by atoms with Crippen molar-refractivity contribution in [2.45, 2.75) is 89.9 Å². The molecule has 0 bridgehead atoms.